The Labute approximate surface area is 118 Å². The Balaban J connectivity index is 2.25. The topological polar surface area (TPSA) is 15.3 Å². The predicted molar refractivity (Wildman–Crippen MR) is 82.3 cm³/mol. The van der Waals surface area contributed by atoms with Crippen molar-refractivity contribution in [3.8, 4) is 0 Å². The number of likely N-dealkylation sites (tertiary alicyclic amines) is 1. The maximum Gasteiger partial charge on any atom is 0.0388 e. The van der Waals surface area contributed by atoms with Crippen LogP contribution in [-0.2, 0) is 0 Å². The Morgan fingerprint density at radius 3 is 2.68 bits per heavy atom. The van der Waals surface area contributed by atoms with Gasteiger partial charge in [0.15, 0.2) is 0 Å². The third-order valence-electron chi connectivity index (χ3n) is 4.23. The van der Waals surface area contributed by atoms with E-state index in [9.17, 15) is 0 Å². The smallest absolute Gasteiger partial charge is 0.0388 e. The SMILES string of the molecule is CCCN1CCCCC(CNC)C1c1ccccc1. The van der Waals surface area contributed by atoms with E-state index in [1.54, 1.807) is 0 Å². The molecule has 0 amide bonds. The number of nitrogens with one attached hydrogen (secondary N) is 1. The van der Waals surface area contributed by atoms with Gasteiger partial charge in [0, 0.05) is 6.04 Å². The highest BCUT2D eigenvalue weighted by atomic mass is 15.2. The number of nitrogens with zero attached hydrogens (tertiary/aromatic N) is 1. The third kappa shape index (κ3) is 3.80. The average Bonchev–Trinajstić information content (AvgIpc) is 2.63. The molecule has 0 aromatic heterocycles. The van der Waals surface area contributed by atoms with Crippen LogP contribution in [0.15, 0.2) is 30.3 Å². The molecule has 1 aromatic carbocycles. The lowest BCUT2D eigenvalue weighted by Gasteiger charge is -2.35. The summed E-state index contributed by atoms with van der Waals surface area (Å²) < 4.78 is 0. The number of hydrogen-bond donors (Lipinski definition) is 1. The molecule has 0 spiro atoms. The fraction of sp³-hybridized carbons (Fsp3) is 0.647. The monoisotopic (exact) mass is 260 g/mol. The van der Waals surface area contributed by atoms with Crippen LogP contribution in [0.1, 0.15) is 44.2 Å². The van der Waals surface area contributed by atoms with Crippen molar-refractivity contribution in [1.29, 1.82) is 0 Å². The van der Waals surface area contributed by atoms with Crippen LogP contribution >= 0.6 is 0 Å². The summed E-state index contributed by atoms with van der Waals surface area (Å²) in [6.45, 7) is 5.90. The summed E-state index contributed by atoms with van der Waals surface area (Å²) in [5.74, 6) is 0.737. The zero-order valence-corrected chi connectivity index (χ0v) is 12.4. The molecule has 0 bridgehead atoms. The largest absolute Gasteiger partial charge is 0.319 e. The summed E-state index contributed by atoms with van der Waals surface area (Å²) in [5, 5.41) is 3.40. The molecule has 0 aliphatic carbocycles. The average molecular weight is 260 g/mol. The Hall–Kier alpha value is -0.860. The molecule has 1 aliphatic rings. The van der Waals surface area contributed by atoms with E-state index in [2.05, 4.69) is 54.5 Å². The first-order valence-corrected chi connectivity index (χ1v) is 7.80. The molecule has 106 valence electrons. The van der Waals surface area contributed by atoms with E-state index in [0.29, 0.717) is 6.04 Å². The van der Waals surface area contributed by atoms with Crippen molar-refractivity contribution < 1.29 is 0 Å². The number of benzene rings is 1. The molecule has 2 nitrogen and oxygen atoms in total. The zero-order chi connectivity index (χ0) is 13.5. The Morgan fingerprint density at radius 1 is 1.21 bits per heavy atom. The molecular formula is C17H28N2. The molecule has 2 atom stereocenters. The van der Waals surface area contributed by atoms with E-state index in [-0.39, 0.29) is 0 Å². The molecular weight excluding hydrogens is 232 g/mol. The van der Waals surface area contributed by atoms with Crippen LogP contribution in [0.25, 0.3) is 0 Å². The molecule has 19 heavy (non-hydrogen) atoms. The van der Waals surface area contributed by atoms with Gasteiger partial charge in [0.1, 0.15) is 0 Å². The molecule has 1 heterocycles. The lowest BCUT2D eigenvalue weighted by molar-refractivity contribution is 0.154. The second-order valence-electron chi connectivity index (χ2n) is 5.71. The number of hydrogen-bond acceptors (Lipinski definition) is 2. The lowest BCUT2D eigenvalue weighted by atomic mass is 9.89. The van der Waals surface area contributed by atoms with Crippen molar-refractivity contribution in [3.05, 3.63) is 35.9 Å². The predicted octanol–water partition coefficient (Wildman–Crippen LogP) is 3.46. The Bertz CT molecular complexity index is 334. The van der Waals surface area contributed by atoms with E-state index >= 15 is 0 Å². The maximum absolute atomic E-state index is 3.40. The van der Waals surface area contributed by atoms with Gasteiger partial charge >= 0.3 is 0 Å². The highest BCUT2D eigenvalue weighted by Gasteiger charge is 2.29. The van der Waals surface area contributed by atoms with Crippen molar-refractivity contribution in [2.45, 2.75) is 38.6 Å². The van der Waals surface area contributed by atoms with Crippen molar-refractivity contribution in [3.63, 3.8) is 0 Å². The van der Waals surface area contributed by atoms with E-state index in [1.165, 1.54) is 44.3 Å². The van der Waals surface area contributed by atoms with Gasteiger partial charge in [0.25, 0.3) is 0 Å². The van der Waals surface area contributed by atoms with Gasteiger partial charge < -0.3 is 5.32 Å². The summed E-state index contributed by atoms with van der Waals surface area (Å²) in [6.07, 6.45) is 5.32. The zero-order valence-electron chi connectivity index (χ0n) is 12.4. The van der Waals surface area contributed by atoms with Gasteiger partial charge in [-0.3, -0.25) is 4.90 Å². The first-order chi connectivity index (χ1) is 9.36. The first-order valence-electron chi connectivity index (χ1n) is 7.80. The molecule has 1 saturated heterocycles. The Kier molecular flexibility index (Phi) is 5.87. The van der Waals surface area contributed by atoms with Gasteiger partial charge in [-0.15, -0.1) is 0 Å². The fourth-order valence-corrected chi connectivity index (χ4v) is 3.46. The first kappa shape index (κ1) is 14.5. The second-order valence-corrected chi connectivity index (χ2v) is 5.71. The third-order valence-corrected chi connectivity index (χ3v) is 4.23. The standard InChI is InChI=1S/C17H28N2/c1-3-12-19-13-8-7-11-16(14-18-2)17(19)15-9-5-4-6-10-15/h4-6,9-10,16-18H,3,7-8,11-14H2,1-2H3. The second kappa shape index (κ2) is 7.66. The molecule has 1 aliphatic heterocycles. The molecule has 2 rings (SSSR count). The van der Waals surface area contributed by atoms with Gasteiger partial charge in [-0.05, 0) is 57.4 Å². The molecule has 2 heteroatoms. The van der Waals surface area contributed by atoms with Gasteiger partial charge in [0.2, 0.25) is 0 Å². The van der Waals surface area contributed by atoms with Gasteiger partial charge in [-0.25, -0.2) is 0 Å². The minimum Gasteiger partial charge on any atom is -0.319 e. The summed E-state index contributed by atoms with van der Waals surface area (Å²) in [4.78, 5) is 2.71. The highest BCUT2D eigenvalue weighted by Crippen LogP contribution is 2.34. The van der Waals surface area contributed by atoms with Crippen LogP contribution in [-0.4, -0.2) is 31.6 Å². The molecule has 1 N–H and O–H groups in total. The van der Waals surface area contributed by atoms with E-state index in [1.807, 2.05) is 0 Å². The van der Waals surface area contributed by atoms with Crippen molar-refractivity contribution >= 4 is 0 Å². The molecule has 0 saturated carbocycles. The van der Waals surface area contributed by atoms with Crippen LogP contribution in [0.5, 0.6) is 0 Å². The van der Waals surface area contributed by atoms with Crippen molar-refractivity contribution in [1.82, 2.24) is 10.2 Å². The van der Waals surface area contributed by atoms with Gasteiger partial charge in [0.05, 0.1) is 0 Å². The van der Waals surface area contributed by atoms with Gasteiger partial charge in [-0.1, -0.05) is 43.7 Å². The van der Waals surface area contributed by atoms with Crippen LogP contribution in [0.2, 0.25) is 0 Å². The van der Waals surface area contributed by atoms with Crippen molar-refractivity contribution in [2.24, 2.45) is 5.92 Å². The summed E-state index contributed by atoms with van der Waals surface area (Å²) in [5.41, 5.74) is 1.50. The van der Waals surface area contributed by atoms with Crippen LogP contribution in [0.4, 0.5) is 0 Å². The van der Waals surface area contributed by atoms with E-state index in [4.69, 9.17) is 0 Å². The van der Waals surface area contributed by atoms with Crippen LogP contribution in [0.3, 0.4) is 0 Å². The Morgan fingerprint density at radius 2 is 2.00 bits per heavy atom. The summed E-state index contributed by atoms with van der Waals surface area (Å²) >= 11 is 0. The van der Waals surface area contributed by atoms with Crippen LogP contribution < -0.4 is 5.32 Å². The summed E-state index contributed by atoms with van der Waals surface area (Å²) in [7, 11) is 2.08. The molecule has 2 unspecified atom stereocenters. The molecule has 0 radical (unpaired) electrons. The maximum atomic E-state index is 3.40. The highest BCUT2D eigenvalue weighted by molar-refractivity contribution is 5.20. The lowest BCUT2D eigenvalue weighted by Crippen LogP contribution is -2.36. The molecule has 1 aromatic rings. The molecule has 1 fully saturated rings. The van der Waals surface area contributed by atoms with E-state index in [0.717, 1.165) is 12.5 Å². The van der Waals surface area contributed by atoms with E-state index < -0.39 is 0 Å². The quantitative estimate of drug-likeness (QED) is 0.872. The van der Waals surface area contributed by atoms with Crippen molar-refractivity contribution in [2.75, 3.05) is 26.7 Å². The number of rotatable bonds is 5. The minimum absolute atomic E-state index is 0.594. The minimum atomic E-state index is 0.594. The van der Waals surface area contributed by atoms with Crippen LogP contribution in [0, 0.1) is 5.92 Å². The van der Waals surface area contributed by atoms with Gasteiger partial charge in [-0.2, -0.15) is 0 Å². The summed E-state index contributed by atoms with van der Waals surface area (Å²) in [6, 6.07) is 11.7. The fourth-order valence-electron chi connectivity index (χ4n) is 3.46. The normalized spacial score (nSPS) is 25.2.